The van der Waals surface area contributed by atoms with Crippen molar-refractivity contribution >= 4 is 22.7 Å². The molecule has 1 saturated heterocycles. The highest BCUT2D eigenvalue weighted by molar-refractivity contribution is 5.88. The van der Waals surface area contributed by atoms with E-state index in [9.17, 15) is 9.59 Å². The fourth-order valence-corrected chi connectivity index (χ4v) is 3.52. The van der Waals surface area contributed by atoms with Crippen LogP contribution in [0.15, 0.2) is 60.7 Å². The van der Waals surface area contributed by atoms with Crippen molar-refractivity contribution in [2.75, 3.05) is 19.6 Å². The van der Waals surface area contributed by atoms with Crippen LogP contribution in [0.2, 0.25) is 0 Å². The molecule has 0 radical (unpaired) electrons. The Morgan fingerprint density at radius 3 is 2.62 bits per heavy atom. The lowest BCUT2D eigenvalue weighted by Crippen LogP contribution is -2.50. The fourth-order valence-electron chi connectivity index (χ4n) is 3.52. The van der Waals surface area contributed by atoms with Gasteiger partial charge in [0.1, 0.15) is 0 Å². The number of benzene rings is 2. The second-order valence-electron chi connectivity index (χ2n) is 6.52. The molecule has 1 aromatic heterocycles. The molecule has 2 aromatic carbocycles. The minimum Gasteiger partial charge on any atom is -0.353 e. The molecule has 1 aliphatic heterocycles. The average molecular weight is 347 g/mol. The number of hydrogen-bond acceptors (Lipinski definition) is 2. The lowest BCUT2D eigenvalue weighted by Gasteiger charge is -2.27. The Morgan fingerprint density at radius 1 is 1.04 bits per heavy atom. The summed E-state index contributed by atoms with van der Waals surface area (Å²) >= 11 is 0. The number of hydrogen-bond donors (Lipinski definition) is 1. The molecule has 0 aliphatic carbocycles. The highest BCUT2D eigenvalue weighted by Gasteiger charge is 2.21. The van der Waals surface area contributed by atoms with E-state index in [0.29, 0.717) is 26.1 Å². The van der Waals surface area contributed by atoms with E-state index in [2.05, 4.69) is 40.2 Å². The first-order valence-corrected chi connectivity index (χ1v) is 8.90. The summed E-state index contributed by atoms with van der Waals surface area (Å²) in [6, 6.07) is 20.6. The van der Waals surface area contributed by atoms with Crippen LogP contribution in [0, 0.1) is 0 Å². The monoisotopic (exact) mass is 347 g/mol. The van der Waals surface area contributed by atoms with Gasteiger partial charge in [-0.3, -0.25) is 9.59 Å². The molecule has 2 amide bonds. The molecule has 132 valence electrons. The highest BCUT2D eigenvalue weighted by atomic mass is 16.2. The first-order chi connectivity index (χ1) is 12.7. The lowest BCUT2D eigenvalue weighted by atomic mass is 10.1. The maximum Gasteiger partial charge on any atom is 0.239 e. The number of aromatic nitrogens is 1. The average Bonchev–Trinajstić information content (AvgIpc) is 3.05. The number of rotatable bonds is 4. The summed E-state index contributed by atoms with van der Waals surface area (Å²) < 4.78 is 2.20. The Labute approximate surface area is 152 Å². The number of piperazine rings is 1. The van der Waals surface area contributed by atoms with Gasteiger partial charge in [-0.2, -0.15) is 0 Å². The first-order valence-electron chi connectivity index (χ1n) is 8.90. The topological polar surface area (TPSA) is 54.3 Å². The van der Waals surface area contributed by atoms with Crippen LogP contribution in [-0.2, 0) is 16.1 Å². The van der Waals surface area contributed by atoms with Gasteiger partial charge < -0.3 is 14.8 Å². The fraction of sp³-hybridized carbons (Fsp3) is 0.238. The summed E-state index contributed by atoms with van der Waals surface area (Å²) in [5, 5.41) is 3.92. The van der Waals surface area contributed by atoms with Gasteiger partial charge in [0.25, 0.3) is 0 Å². The summed E-state index contributed by atoms with van der Waals surface area (Å²) in [7, 11) is 0. The number of para-hydroxylation sites is 1. The molecular weight excluding hydrogens is 326 g/mol. The van der Waals surface area contributed by atoms with Crippen LogP contribution in [0.4, 0.5) is 0 Å². The van der Waals surface area contributed by atoms with Crippen LogP contribution >= 0.6 is 0 Å². The Bertz CT molecular complexity index is 946. The first kappa shape index (κ1) is 16.4. The maximum atomic E-state index is 12.6. The SMILES string of the molecule is O=C1CN(C(=O)CCn2c(-c3ccccc3)cc3ccccc32)CCN1. The number of aryl methyl sites for hydroxylation is 1. The van der Waals surface area contributed by atoms with Crippen molar-refractivity contribution < 1.29 is 9.59 Å². The van der Waals surface area contributed by atoms with Crippen molar-refractivity contribution in [3.8, 4) is 11.3 Å². The molecule has 1 fully saturated rings. The zero-order chi connectivity index (χ0) is 17.9. The van der Waals surface area contributed by atoms with E-state index >= 15 is 0 Å². The van der Waals surface area contributed by atoms with E-state index in [1.165, 1.54) is 0 Å². The Balaban J connectivity index is 1.61. The van der Waals surface area contributed by atoms with Crippen LogP contribution in [0.5, 0.6) is 0 Å². The van der Waals surface area contributed by atoms with E-state index in [1.54, 1.807) is 4.90 Å². The predicted molar refractivity (Wildman–Crippen MR) is 102 cm³/mol. The molecule has 26 heavy (non-hydrogen) atoms. The number of amides is 2. The number of nitrogens with one attached hydrogen (secondary N) is 1. The normalized spacial score (nSPS) is 14.5. The molecule has 3 aromatic rings. The second kappa shape index (κ2) is 7.04. The van der Waals surface area contributed by atoms with Gasteiger partial charge in [-0.15, -0.1) is 0 Å². The number of carbonyl (C=O) groups is 2. The standard InChI is InChI=1S/C21H21N3O2/c25-20-15-23(13-11-22-20)21(26)10-12-24-18-9-5-4-8-17(18)14-19(24)16-6-2-1-3-7-16/h1-9,14H,10-13,15H2,(H,22,25). The molecule has 0 atom stereocenters. The number of nitrogens with zero attached hydrogens (tertiary/aromatic N) is 2. The van der Waals surface area contributed by atoms with E-state index in [0.717, 1.165) is 22.2 Å². The van der Waals surface area contributed by atoms with Crippen LogP contribution in [-0.4, -0.2) is 40.9 Å². The zero-order valence-electron chi connectivity index (χ0n) is 14.5. The lowest BCUT2D eigenvalue weighted by molar-refractivity contribution is -0.138. The molecular formula is C21H21N3O2. The van der Waals surface area contributed by atoms with E-state index in [4.69, 9.17) is 0 Å². The van der Waals surface area contributed by atoms with Crippen molar-refractivity contribution in [2.24, 2.45) is 0 Å². The predicted octanol–water partition coefficient (Wildman–Crippen LogP) is 2.66. The van der Waals surface area contributed by atoms with Crippen molar-refractivity contribution in [3.05, 3.63) is 60.7 Å². The van der Waals surface area contributed by atoms with Gasteiger partial charge in [0.05, 0.1) is 6.54 Å². The van der Waals surface area contributed by atoms with Gasteiger partial charge in [0, 0.05) is 42.7 Å². The summed E-state index contributed by atoms with van der Waals surface area (Å²) in [5.41, 5.74) is 3.36. The summed E-state index contributed by atoms with van der Waals surface area (Å²) in [4.78, 5) is 25.7. The third kappa shape index (κ3) is 3.20. The van der Waals surface area contributed by atoms with E-state index in [-0.39, 0.29) is 18.4 Å². The largest absolute Gasteiger partial charge is 0.353 e. The summed E-state index contributed by atoms with van der Waals surface area (Å²) in [6.07, 6.45) is 0.381. The Hall–Kier alpha value is -3.08. The molecule has 0 unspecified atom stereocenters. The van der Waals surface area contributed by atoms with Gasteiger partial charge in [0.2, 0.25) is 11.8 Å². The maximum absolute atomic E-state index is 12.6. The van der Waals surface area contributed by atoms with Gasteiger partial charge in [-0.05, 0) is 17.7 Å². The number of carbonyl (C=O) groups excluding carboxylic acids is 2. The van der Waals surface area contributed by atoms with Crippen molar-refractivity contribution in [3.63, 3.8) is 0 Å². The van der Waals surface area contributed by atoms with Crippen LogP contribution in [0.25, 0.3) is 22.2 Å². The molecule has 2 heterocycles. The quantitative estimate of drug-likeness (QED) is 0.789. The molecule has 4 rings (SSSR count). The van der Waals surface area contributed by atoms with Crippen molar-refractivity contribution in [1.29, 1.82) is 0 Å². The Morgan fingerprint density at radius 2 is 1.81 bits per heavy atom. The van der Waals surface area contributed by atoms with Gasteiger partial charge in [-0.25, -0.2) is 0 Å². The van der Waals surface area contributed by atoms with Gasteiger partial charge >= 0.3 is 0 Å². The van der Waals surface area contributed by atoms with Crippen molar-refractivity contribution in [1.82, 2.24) is 14.8 Å². The molecule has 1 N–H and O–H groups in total. The third-order valence-electron chi connectivity index (χ3n) is 4.82. The highest BCUT2D eigenvalue weighted by Crippen LogP contribution is 2.28. The number of fused-ring (bicyclic) bond motifs is 1. The summed E-state index contributed by atoms with van der Waals surface area (Å²) in [6.45, 7) is 1.88. The van der Waals surface area contributed by atoms with Crippen LogP contribution in [0.1, 0.15) is 6.42 Å². The second-order valence-corrected chi connectivity index (χ2v) is 6.52. The molecule has 0 spiro atoms. The zero-order valence-corrected chi connectivity index (χ0v) is 14.5. The molecule has 5 nitrogen and oxygen atoms in total. The summed E-state index contributed by atoms with van der Waals surface area (Å²) in [5.74, 6) is -0.0577. The smallest absolute Gasteiger partial charge is 0.239 e. The molecule has 1 aliphatic rings. The molecule has 0 bridgehead atoms. The molecule has 5 heteroatoms. The minimum atomic E-state index is -0.0824. The van der Waals surface area contributed by atoms with Gasteiger partial charge in [0.15, 0.2) is 0 Å². The van der Waals surface area contributed by atoms with E-state index < -0.39 is 0 Å². The third-order valence-corrected chi connectivity index (χ3v) is 4.82. The van der Waals surface area contributed by atoms with Crippen molar-refractivity contribution in [2.45, 2.75) is 13.0 Å². The van der Waals surface area contributed by atoms with Gasteiger partial charge in [-0.1, -0.05) is 48.5 Å². The van der Waals surface area contributed by atoms with E-state index in [1.807, 2.05) is 30.3 Å². The minimum absolute atomic E-state index is 0.0247. The van der Waals surface area contributed by atoms with Crippen LogP contribution in [0.3, 0.4) is 0 Å². The van der Waals surface area contributed by atoms with Crippen LogP contribution < -0.4 is 5.32 Å². The molecule has 0 saturated carbocycles. The Kier molecular flexibility index (Phi) is 4.44.